The standard InChI is InChI=1S/C28H39N5O3/c1-6-31(7-2)27(35)24-19-23(29-26(34)18-20(3)4)12-13-25(24)32-14-16-33(17-15-32)28(36)30-22-10-8-21(5)9-11-22/h8-13,19-20H,6-7,14-18H2,1-5H3,(H,29,34)(H,30,36). The van der Waals surface area contributed by atoms with Gasteiger partial charge in [-0.05, 0) is 57.0 Å². The predicted molar refractivity (Wildman–Crippen MR) is 146 cm³/mol. The molecular formula is C28H39N5O3. The smallest absolute Gasteiger partial charge is 0.321 e. The maximum absolute atomic E-state index is 13.4. The molecule has 36 heavy (non-hydrogen) atoms. The average molecular weight is 494 g/mol. The summed E-state index contributed by atoms with van der Waals surface area (Å²) in [5, 5.41) is 5.89. The van der Waals surface area contributed by atoms with Crippen molar-refractivity contribution in [1.29, 1.82) is 0 Å². The molecule has 1 saturated heterocycles. The Bertz CT molecular complexity index is 1060. The van der Waals surface area contributed by atoms with Gasteiger partial charge < -0.3 is 25.3 Å². The number of carbonyl (C=O) groups excluding carboxylic acids is 3. The largest absolute Gasteiger partial charge is 0.367 e. The SMILES string of the molecule is CCN(CC)C(=O)c1cc(NC(=O)CC(C)C)ccc1N1CCN(C(=O)Nc2ccc(C)cc2)CC1. The highest BCUT2D eigenvalue weighted by Crippen LogP contribution is 2.27. The van der Waals surface area contributed by atoms with Crippen LogP contribution in [0.3, 0.4) is 0 Å². The first-order valence-electron chi connectivity index (χ1n) is 12.8. The van der Waals surface area contributed by atoms with Gasteiger partial charge in [-0.25, -0.2) is 4.79 Å². The van der Waals surface area contributed by atoms with Gasteiger partial charge in [0.15, 0.2) is 0 Å². The summed E-state index contributed by atoms with van der Waals surface area (Å²) in [6.45, 7) is 13.4. The maximum atomic E-state index is 13.4. The number of benzene rings is 2. The van der Waals surface area contributed by atoms with Crippen LogP contribution in [-0.2, 0) is 4.79 Å². The van der Waals surface area contributed by atoms with Crippen molar-refractivity contribution >= 4 is 34.9 Å². The first-order valence-corrected chi connectivity index (χ1v) is 12.8. The lowest BCUT2D eigenvalue weighted by Gasteiger charge is -2.37. The molecule has 1 heterocycles. The molecule has 194 valence electrons. The molecule has 0 atom stereocenters. The Morgan fingerprint density at radius 1 is 0.889 bits per heavy atom. The highest BCUT2D eigenvalue weighted by molar-refractivity contribution is 6.02. The monoisotopic (exact) mass is 493 g/mol. The van der Waals surface area contributed by atoms with E-state index in [0.717, 1.165) is 16.9 Å². The van der Waals surface area contributed by atoms with E-state index in [0.29, 0.717) is 56.9 Å². The molecule has 1 aliphatic heterocycles. The number of anilines is 3. The van der Waals surface area contributed by atoms with Crippen molar-refractivity contribution in [2.24, 2.45) is 5.92 Å². The van der Waals surface area contributed by atoms with E-state index in [1.54, 1.807) is 15.9 Å². The molecule has 0 bridgehead atoms. The topological polar surface area (TPSA) is 85.0 Å². The number of piperazine rings is 1. The number of hydrogen-bond acceptors (Lipinski definition) is 4. The summed E-state index contributed by atoms with van der Waals surface area (Å²) < 4.78 is 0. The van der Waals surface area contributed by atoms with E-state index >= 15 is 0 Å². The minimum absolute atomic E-state index is 0.0606. The number of urea groups is 1. The molecule has 8 nitrogen and oxygen atoms in total. The minimum atomic E-state index is -0.124. The fourth-order valence-corrected chi connectivity index (χ4v) is 4.31. The van der Waals surface area contributed by atoms with Gasteiger partial charge in [0.2, 0.25) is 5.91 Å². The fourth-order valence-electron chi connectivity index (χ4n) is 4.31. The Balaban J connectivity index is 1.74. The Labute approximate surface area is 214 Å². The number of nitrogens with zero attached hydrogens (tertiary/aromatic N) is 3. The van der Waals surface area contributed by atoms with E-state index in [2.05, 4.69) is 15.5 Å². The third kappa shape index (κ3) is 6.99. The second-order valence-corrected chi connectivity index (χ2v) is 9.63. The molecule has 0 spiro atoms. The van der Waals surface area contributed by atoms with Crippen molar-refractivity contribution in [1.82, 2.24) is 9.80 Å². The first kappa shape index (κ1) is 27.0. The zero-order valence-corrected chi connectivity index (χ0v) is 22.1. The van der Waals surface area contributed by atoms with Crippen LogP contribution in [0.15, 0.2) is 42.5 Å². The third-order valence-electron chi connectivity index (χ3n) is 6.37. The zero-order valence-electron chi connectivity index (χ0n) is 22.1. The molecule has 0 saturated carbocycles. The van der Waals surface area contributed by atoms with Crippen LogP contribution in [0.5, 0.6) is 0 Å². The van der Waals surface area contributed by atoms with Crippen LogP contribution in [-0.4, -0.2) is 66.9 Å². The second-order valence-electron chi connectivity index (χ2n) is 9.63. The van der Waals surface area contributed by atoms with Crippen molar-refractivity contribution in [2.45, 2.75) is 41.0 Å². The summed E-state index contributed by atoms with van der Waals surface area (Å²) in [5.74, 6) is 0.127. The van der Waals surface area contributed by atoms with Crippen molar-refractivity contribution in [2.75, 3.05) is 54.8 Å². The summed E-state index contributed by atoms with van der Waals surface area (Å²) in [6.07, 6.45) is 0.424. The normalized spacial score (nSPS) is 13.5. The molecule has 0 aromatic heterocycles. The quantitative estimate of drug-likeness (QED) is 0.552. The molecule has 4 amide bonds. The van der Waals surface area contributed by atoms with Crippen LogP contribution in [0.25, 0.3) is 0 Å². The first-order chi connectivity index (χ1) is 17.2. The van der Waals surface area contributed by atoms with Crippen LogP contribution in [0.1, 0.15) is 50.0 Å². The van der Waals surface area contributed by atoms with Crippen LogP contribution < -0.4 is 15.5 Å². The lowest BCUT2D eigenvalue weighted by Crippen LogP contribution is -2.50. The Kier molecular flexibility index (Phi) is 9.33. The van der Waals surface area contributed by atoms with Crippen LogP contribution in [0.4, 0.5) is 21.9 Å². The highest BCUT2D eigenvalue weighted by Gasteiger charge is 2.26. The van der Waals surface area contributed by atoms with Gasteiger partial charge in [0, 0.05) is 62.8 Å². The summed E-state index contributed by atoms with van der Waals surface area (Å²) in [5.41, 5.74) is 3.93. The molecule has 2 aromatic carbocycles. The minimum Gasteiger partial charge on any atom is -0.367 e. The van der Waals surface area contributed by atoms with E-state index in [9.17, 15) is 14.4 Å². The maximum Gasteiger partial charge on any atom is 0.321 e. The second kappa shape index (κ2) is 12.4. The molecule has 0 unspecified atom stereocenters. The number of aryl methyl sites for hydroxylation is 1. The molecule has 0 radical (unpaired) electrons. The number of nitrogens with one attached hydrogen (secondary N) is 2. The zero-order chi connectivity index (χ0) is 26.2. The molecule has 2 N–H and O–H groups in total. The lowest BCUT2D eigenvalue weighted by molar-refractivity contribution is -0.116. The van der Waals surface area contributed by atoms with E-state index < -0.39 is 0 Å². The van der Waals surface area contributed by atoms with E-state index in [1.807, 2.05) is 71.0 Å². The lowest BCUT2D eigenvalue weighted by atomic mass is 10.1. The Morgan fingerprint density at radius 3 is 2.08 bits per heavy atom. The van der Waals surface area contributed by atoms with Crippen LogP contribution in [0.2, 0.25) is 0 Å². The highest BCUT2D eigenvalue weighted by atomic mass is 16.2. The van der Waals surface area contributed by atoms with Gasteiger partial charge in [0.1, 0.15) is 0 Å². The van der Waals surface area contributed by atoms with Crippen molar-refractivity contribution in [3.8, 4) is 0 Å². The van der Waals surface area contributed by atoms with Gasteiger partial charge in [-0.2, -0.15) is 0 Å². The van der Waals surface area contributed by atoms with Gasteiger partial charge in [-0.3, -0.25) is 9.59 Å². The number of rotatable bonds is 8. The van der Waals surface area contributed by atoms with Gasteiger partial charge in [0.25, 0.3) is 5.91 Å². The van der Waals surface area contributed by atoms with Gasteiger partial charge in [-0.15, -0.1) is 0 Å². The molecule has 1 aliphatic rings. The Hall–Kier alpha value is -3.55. The van der Waals surface area contributed by atoms with E-state index in [1.165, 1.54) is 0 Å². The van der Waals surface area contributed by atoms with Crippen molar-refractivity contribution < 1.29 is 14.4 Å². The summed E-state index contributed by atoms with van der Waals surface area (Å²) >= 11 is 0. The predicted octanol–water partition coefficient (Wildman–Crippen LogP) is 4.82. The summed E-state index contributed by atoms with van der Waals surface area (Å²) in [7, 11) is 0. The fraction of sp³-hybridized carbons (Fsp3) is 0.464. The van der Waals surface area contributed by atoms with Crippen molar-refractivity contribution in [3.05, 3.63) is 53.6 Å². The summed E-state index contributed by atoms with van der Waals surface area (Å²) in [4.78, 5) is 44.2. The number of amides is 4. The number of hydrogen-bond donors (Lipinski definition) is 2. The van der Waals surface area contributed by atoms with Crippen LogP contribution in [0, 0.1) is 12.8 Å². The summed E-state index contributed by atoms with van der Waals surface area (Å²) in [6, 6.07) is 13.2. The average Bonchev–Trinajstić information content (AvgIpc) is 2.85. The van der Waals surface area contributed by atoms with Crippen molar-refractivity contribution in [3.63, 3.8) is 0 Å². The van der Waals surface area contributed by atoms with E-state index in [-0.39, 0.29) is 23.8 Å². The van der Waals surface area contributed by atoms with Gasteiger partial charge in [-0.1, -0.05) is 31.5 Å². The Morgan fingerprint density at radius 2 is 1.50 bits per heavy atom. The molecule has 2 aromatic rings. The van der Waals surface area contributed by atoms with E-state index in [4.69, 9.17) is 0 Å². The molecular weight excluding hydrogens is 454 g/mol. The van der Waals surface area contributed by atoms with Crippen LogP contribution >= 0.6 is 0 Å². The molecule has 0 aliphatic carbocycles. The van der Waals surface area contributed by atoms with Gasteiger partial charge >= 0.3 is 6.03 Å². The molecule has 8 heteroatoms. The number of carbonyl (C=O) groups is 3. The third-order valence-corrected chi connectivity index (χ3v) is 6.37. The van der Waals surface area contributed by atoms with Gasteiger partial charge in [0.05, 0.1) is 5.56 Å². The molecule has 1 fully saturated rings. The molecule has 3 rings (SSSR count).